The molecule has 2 aromatic rings. The summed E-state index contributed by atoms with van der Waals surface area (Å²) in [7, 11) is 3.15. The third kappa shape index (κ3) is 5.61. The average molecular weight is 479 g/mol. The first-order valence-corrected chi connectivity index (χ1v) is 11.7. The number of hydrogen-bond acceptors (Lipinski definition) is 7. The zero-order chi connectivity index (χ0) is 24.8. The maximum Gasteiger partial charge on any atom is 0.407 e. The zero-order valence-electron chi connectivity index (χ0n) is 20.1. The number of likely N-dealkylation sites (tertiary alicyclic amines) is 2. The first-order valence-electron chi connectivity index (χ1n) is 11.7. The number of carbonyl (C=O) groups is 1. The second-order valence-corrected chi connectivity index (χ2v) is 8.63. The summed E-state index contributed by atoms with van der Waals surface area (Å²) in [4.78, 5) is 15.2. The van der Waals surface area contributed by atoms with E-state index in [4.69, 9.17) is 9.47 Å². The minimum absolute atomic E-state index is 0.167. The van der Waals surface area contributed by atoms with Gasteiger partial charge < -0.3 is 29.7 Å². The summed E-state index contributed by atoms with van der Waals surface area (Å²) < 4.78 is 12.4. The molecule has 4 rings (SSSR count). The van der Waals surface area contributed by atoms with Gasteiger partial charge in [-0.2, -0.15) is 10.4 Å². The number of hydrogen-bond donors (Lipinski definition) is 2. The molecule has 1 amide bonds. The summed E-state index contributed by atoms with van der Waals surface area (Å²) in [5, 5.41) is 27.5. The highest BCUT2D eigenvalue weighted by Gasteiger charge is 2.31. The van der Waals surface area contributed by atoms with E-state index >= 15 is 0 Å². The van der Waals surface area contributed by atoms with Crippen LogP contribution in [0.25, 0.3) is 0 Å². The molecule has 2 N–H and O–H groups in total. The van der Waals surface area contributed by atoms with E-state index in [1.165, 1.54) is 17.7 Å². The standard InChI is InChI=1S/C25H30N6O4/c1-34-20-13-18(14-21(15-20)35-2)5-6-23-22(16-26)24(27-8-12-29-9-3-4-10-29)31(28-23)19-7-11-30(17-19)25(32)33/h13-15,19,27H,3-4,7-12,17H2,1-2H3,(H,32,33). The Hall–Kier alpha value is -3.89. The molecule has 2 fully saturated rings. The topological polar surface area (TPSA) is 116 Å². The third-order valence-corrected chi connectivity index (χ3v) is 6.40. The van der Waals surface area contributed by atoms with E-state index in [9.17, 15) is 15.2 Å². The number of nitrogens with one attached hydrogen (secondary N) is 1. The summed E-state index contributed by atoms with van der Waals surface area (Å²) in [5.74, 6) is 7.93. The Kier molecular flexibility index (Phi) is 7.64. The minimum atomic E-state index is -0.948. The third-order valence-electron chi connectivity index (χ3n) is 6.40. The molecule has 1 atom stereocenters. The van der Waals surface area contributed by atoms with Crippen molar-refractivity contribution in [1.29, 1.82) is 5.26 Å². The van der Waals surface area contributed by atoms with E-state index < -0.39 is 6.09 Å². The van der Waals surface area contributed by atoms with Crippen LogP contribution in [0.2, 0.25) is 0 Å². The van der Waals surface area contributed by atoms with Gasteiger partial charge in [-0.1, -0.05) is 5.92 Å². The lowest BCUT2D eigenvalue weighted by Gasteiger charge is -2.18. The Balaban J connectivity index is 1.65. The molecule has 0 saturated carbocycles. The molecule has 0 bridgehead atoms. The van der Waals surface area contributed by atoms with Crippen molar-refractivity contribution in [1.82, 2.24) is 19.6 Å². The SMILES string of the molecule is COc1cc(C#Cc2nn(C3CCN(C(=O)O)C3)c(NCCN3CCCC3)c2C#N)cc(OC)c1. The molecule has 184 valence electrons. The highest BCUT2D eigenvalue weighted by atomic mass is 16.5. The molecule has 3 heterocycles. The number of nitriles is 1. The van der Waals surface area contributed by atoms with E-state index in [-0.39, 0.29) is 6.04 Å². The monoisotopic (exact) mass is 478 g/mol. The number of benzene rings is 1. The van der Waals surface area contributed by atoms with Gasteiger partial charge in [0, 0.05) is 37.8 Å². The Morgan fingerprint density at radius 2 is 1.89 bits per heavy atom. The lowest BCUT2D eigenvalue weighted by molar-refractivity contribution is 0.154. The molecule has 0 aliphatic carbocycles. The van der Waals surface area contributed by atoms with Gasteiger partial charge in [-0.25, -0.2) is 9.48 Å². The van der Waals surface area contributed by atoms with Crippen LogP contribution >= 0.6 is 0 Å². The summed E-state index contributed by atoms with van der Waals surface area (Å²) in [6.07, 6.45) is 2.10. The first kappa shape index (κ1) is 24.2. The average Bonchev–Trinajstić information content (AvgIpc) is 3.62. The number of anilines is 1. The van der Waals surface area contributed by atoms with Crippen molar-refractivity contribution in [3.8, 4) is 29.4 Å². The van der Waals surface area contributed by atoms with Crippen molar-refractivity contribution in [3.05, 3.63) is 35.0 Å². The van der Waals surface area contributed by atoms with Crippen molar-refractivity contribution in [2.45, 2.75) is 25.3 Å². The molecular weight excluding hydrogens is 448 g/mol. The van der Waals surface area contributed by atoms with E-state index in [1.54, 1.807) is 37.1 Å². The fourth-order valence-corrected chi connectivity index (χ4v) is 4.53. The van der Waals surface area contributed by atoms with Crippen molar-refractivity contribution in [3.63, 3.8) is 0 Å². The van der Waals surface area contributed by atoms with Gasteiger partial charge in [0.05, 0.1) is 20.3 Å². The van der Waals surface area contributed by atoms with Gasteiger partial charge in [-0.05, 0) is 50.4 Å². The minimum Gasteiger partial charge on any atom is -0.497 e. The first-order chi connectivity index (χ1) is 17.0. The molecule has 1 aromatic heterocycles. The largest absolute Gasteiger partial charge is 0.497 e. The molecule has 1 unspecified atom stereocenters. The Labute approximate surface area is 205 Å². The van der Waals surface area contributed by atoms with Gasteiger partial charge in [0.15, 0.2) is 5.69 Å². The van der Waals surface area contributed by atoms with E-state index in [2.05, 4.69) is 33.2 Å². The molecule has 2 aliphatic rings. The summed E-state index contributed by atoms with van der Waals surface area (Å²) in [6, 6.07) is 7.43. The Bertz CT molecular complexity index is 1150. The number of carboxylic acid groups (broad SMARTS) is 1. The maximum atomic E-state index is 11.5. The van der Waals surface area contributed by atoms with Gasteiger partial charge in [-0.3, -0.25) is 0 Å². The maximum absolute atomic E-state index is 11.5. The molecular formula is C25H30N6O4. The van der Waals surface area contributed by atoms with Gasteiger partial charge in [0.2, 0.25) is 0 Å². The number of amides is 1. The van der Waals surface area contributed by atoms with Crippen molar-refractivity contribution in [2.75, 3.05) is 58.8 Å². The van der Waals surface area contributed by atoms with Crippen LogP contribution in [0, 0.1) is 23.2 Å². The summed E-state index contributed by atoms with van der Waals surface area (Å²) in [6.45, 7) is 4.45. The lowest BCUT2D eigenvalue weighted by Crippen LogP contribution is -2.28. The number of ether oxygens (including phenoxy) is 2. The van der Waals surface area contributed by atoms with Crippen LogP contribution in [0.5, 0.6) is 11.5 Å². The predicted octanol–water partition coefficient (Wildman–Crippen LogP) is 2.60. The van der Waals surface area contributed by atoms with Crippen molar-refractivity contribution >= 4 is 11.9 Å². The second kappa shape index (κ2) is 11.0. The summed E-state index contributed by atoms with van der Waals surface area (Å²) in [5.41, 5.74) is 1.38. The second-order valence-electron chi connectivity index (χ2n) is 8.63. The quantitative estimate of drug-likeness (QED) is 0.584. The van der Waals surface area contributed by atoms with Gasteiger partial charge in [0.1, 0.15) is 28.9 Å². The van der Waals surface area contributed by atoms with Crippen LogP contribution in [-0.4, -0.2) is 84.3 Å². The van der Waals surface area contributed by atoms with Crippen LogP contribution in [0.15, 0.2) is 18.2 Å². The number of nitrogens with zero attached hydrogens (tertiary/aromatic N) is 5. The Morgan fingerprint density at radius 3 is 2.49 bits per heavy atom. The van der Waals surface area contributed by atoms with Crippen LogP contribution < -0.4 is 14.8 Å². The molecule has 0 spiro atoms. The van der Waals surface area contributed by atoms with Gasteiger partial charge in [0.25, 0.3) is 0 Å². The van der Waals surface area contributed by atoms with Crippen molar-refractivity contribution in [2.24, 2.45) is 0 Å². The van der Waals surface area contributed by atoms with Crippen LogP contribution in [-0.2, 0) is 0 Å². The van der Waals surface area contributed by atoms with Crippen LogP contribution in [0.4, 0.5) is 10.6 Å². The normalized spacial score (nSPS) is 17.5. The highest BCUT2D eigenvalue weighted by Crippen LogP contribution is 2.29. The van der Waals surface area contributed by atoms with Crippen molar-refractivity contribution < 1.29 is 19.4 Å². The number of aromatic nitrogens is 2. The molecule has 0 radical (unpaired) electrons. The fraction of sp³-hybridized carbons (Fsp3) is 0.480. The fourth-order valence-electron chi connectivity index (χ4n) is 4.53. The smallest absolute Gasteiger partial charge is 0.407 e. The molecule has 10 heteroatoms. The molecule has 1 aromatic carbocycles. The zero-order valence-corrected chi connectivity index (χ0v) is 20.1. The number of rotatable bonds is 7. The van der Waals surface area contributed by atoms with E-state index in [1.807, 2.05) is 0 Å². The lowest BCUT2D eigenvalue weighted by atomic mass is 10.2. The van der Waals surface area contributed by atoms with Crippen LogP contribution in [0.3, 0.4) is 0 Å². The molecule has 2 saturated heterocycles. The molecule has 10 nitrogen and oxygen atoms in total. The predicted molar refractivity (Wildman–Crippen MR) is 130 cm³/mol. The van der Waals surface area contributed by atoms with Crippen LogP contribution in [0.1, 0.15) is 42.1 Å². The highest BCUT2D eigenvalue weighted by molar-refractivity contribution is 5.65. The molecule has 2 aliphatic heterocycles. The van der Waals surface area contributed by atoms with E-state index in [0.29, 0.717) is 60.2 Å². The van der Waals surface area contributed by atoms with Gasteiger partial charge >= 0.3 is 6.09 Å². The molecule has 35 heavy (non-hydrogen) atoms. The number of methoxy groups -OCH3 is 2. The van der Waals surface area contributed by atoms with Gasteiger partial charge in [-0.15, -0.1) is 0 Å². The van der Waals surface area contributed by atoms with E-state index in [0.717, 1.165) is 19.6 Å². The Morgan fingerprint density at radius 1 is 1.17 bits per heavy atom. The summed E-state index contributed by atoms with van der Waals surface area (Å²) >= 11 is 0.